The molecule has 0 spiro atoms. The molecule has 0 unspecified atom stereocenters. The normalized spacial score (nSPS) is 10.3. The topological polar surface area (TPSA) is 90.3 Å². The Labute approximate surface area is 128 Å². The van der Waals surface area contributed by atoms with Gasteiger partial charge in [0.2, 0.25) is 5.95 Å². The summed E-state index contributed by atoms with van der Waals surface area (Å²) < 4.78 is 12.4. The van der Waals surface area contributed by atoms with E-state index in [4.69, 9.17) is 9.47 Å². The number of rotatable bonds is 7. The number of hydrogen-bond acceptors (Lipinski definition) is 7. The number of aromatic nitrogens is 3. The third kappa shape index (κ3) is 3.53. The monoisotopic (exact) mass is 305 g/mol. The molecule has 2 N–H and O–H groups in total. The Kier molecular flexibility index (Phi) is 5.31. The summed E-state index contributed by atoms with van der Waals surface area (Å²) in [4.78, 5) is 19.9. The number of nitrogens with zero attached hydrogens (tertiary/aromatic N) is 3. The van der Waals surface area contributed by atoms with E-state index in [1.165, 1.54) is 10.9 Å². The standard InChI is InChI=1S/C14H19N5O3/c1-4-21-11-7-6-10(8-12(11)22-5-2)19-9-16-13(18-15-3)17-14(19)20/h6-9,15H,4-5H2,1-3H3,(H,17,18,20). The summed E-state index contributed by atoms with van der Waals surface area (Å²) in [5.41, 5.74) is 5.47. The van der Waals surface area contributed by atoms with Crippen molar-refractivity contribution in [2.75, 3.05) is 25.7 Å². The van der Waals surface area contributed by atoms with Crippen molar-refractivity contribution in [3.8, 4) is 17.2 Å². The van der Waals surface area contributed by atoms with Gasteiger partial charge in [0.1, 0.15) is 6.33 Å². The molecule has 0 saturated heterocycles. The van der Waals surface area contributed by atoms with Gasteiger partial charge in [-0.2, -0.15) is 4.98 Å². The summed E-state index contributed by atoms with van der Waals surface area (Å²) in [5, 5.41) is 0. The zero-order valence-electron chi connectivity index (χ0n) is 12.8. The van der Waals surface area contributed by atoms with Crippen molar-refractivity contribution in [1.29, 1.82) is 0 Å². The van der Waals surface area contributed by atoms with Crippen LogP contribution in [0.1, 0.15) is 13.8 Å². The number of ether oxygens (including phenoxy) is 2. The van der Waals surface area contributed by atoms with Crippen LogP contribution in [0.4, 0.5) is 5.95 Å². The third-order valence-corrected chi connectivity index (χ3v) is 2.75. The average molecular weight is 305 g/mol. The van der Waals surface area contributed by atoms with Gasteiger partial charge in [-0.15, -0.1) is 0 Å². The second-order valence-corrected chi connectivity index (χ2v) is 4.20. The van der Waals surface area contributed by atoms with Gasteiger partial charge >= 0.3 is 5.69 Å². The molecule has 0 fully saturated rings. The van der Waals surface area contributed by atoms with Crippen molar-refractivity contribution in [1.82, 2.24) is 20.0 Å². The van der Waals surface area contributed by atoms with Crippen LogP contribution in [0.15, 0.2) is 29.3 Å². The minimum atomic E-state index is -0.445. The molecule has 2 aromatic rings. The maximum atomic E-state index is 12.1. The van der Waals surface area contributed by atoms with Gasteiger partial charge in [0.15, 0.2) is 11.5 Å². The highest BCUT2D eigenvalue weighted by Crippen LogP contribution is 2.29. The summed E-state index contributed by atoms with van der Waals surface area (Å²) in [5.74, 6) is 1.42. The van der Waals surface area contributed by atoms with E-state index in [9.17, 15) is 4.79 Å². The summed E-state index contributed by atoms with van der Waals surface area (Å²) >= 11 is 0. The predicted molar refractivity (Wildman–Crippen MR) is 82.6 cm³/mol. The number of nitrogens with one attached hydrogen (secondary N) is 2. The molecule has 0 aliphatic rings. The van der Waals surface area contributed by atoms with Crippen LogP contribution >= 0.6 is 0 Å². The molecule has 22 heavy (non-hydrogen) atoms. The smallest absolute Gasteiger partial charge is 0.356 e. The van der Waals surface area contributed by atoms with E-state index in [1.807, 2.05) is 13.8 Å². The fourth-order valence-corrected chi connectivity index (χ4v) is 1.87. The van der Waals surface area contributed by atoms with Gasteiger partial charge < -0.3 is 9.47 Å². The first kappa shape index (κ1) is 15.8. The van der Waals surface area contributed by atoms with Crippen molar-refractivity contribution < 1.29 is 9.47 Å². The lowest BCUT2D eigenvalue weighted by atomic mass is 10.2. The van der Waals surface area contributed by atoms with Crippen molar-refractivity contribution in [2.45, 2.75) is 13.8 Å². The molecule has 0 amide bonds. The van der Waals surface area contributed by atoms with Crippen LogP contribution in [0.5, 0.6) is 11.5 Å². The molecule has 0 aliphatic heterocycles. The molecule has 0 aliphatic carbocycles. The Bertz CT molecular complexity index is 686. The Hall–Kier alpha value is -2.61. The molecule has 0 bridgehead atoms. The molecule has 1 aromatic carbocycles. The lowest BCUT2D eigenvalue weighted by Gasteiger charge is -2.13. The van der Waals surface area contributed by atoms with Crippen molar-refractivity contribution >= 4 is 5.95 Å². The zero-order chi connectivity index (χ0) is 15.9. The molecule has 0 radical (unpaired) electrons. The molecule has 0 atom stereocenters. The van der Waals surface area contributed by atoms with E-state index in [-0.39, 0.29) is 5.95 Å². The van der Waals surface area contributed by atoms with E-state index < -0.39 is 5.69 Å². The van der Waals surface area contributed by atoms with Gasteiger partial charge in [-0.3, -0.25) is 9.99 Å². The average Bonchev–Trinajstić information content (AvgIpc) is 2.50. The maximum absolute atomic E-state index is 12.1. The quantitative estimate of drug-likeness (QED) is 0.737. The number of benzene rings is 1. The van der Waals surface area contributed by atoms with E-state index in [1.54, 1.807) is 25.2 Å². The Morgan fingerprint density at radius 1 is 1.18 bits per heavy atom. The van der Waals surface area contributed by atoms with Crippen LogP contribution in [0.25, 0.3) is 5.69 Å². The largest absolute Gasteiger partial charge is 0.490 e. The van der Waals surface area contributed by atoms with E-state index in [0.717, 1.165) is 0 Å². The highest BCUT2D eigenvalue weighted by atomic mass is 16.5. The minimum Gasteiger partial charge on any atom is -0.490 e. The predicted octanol–water partition coefficient (Wildman–Crippen LogP) is 0.971. The second-order valence-electron chi connectivity index (χ2n) is 4.20. The summed E-state index contributed by atoms with van der Waals surface area (Å²) in [6.45, 7) is 4.82. The molecule has 1 aromatic heterocycles. The number of hydrogen-bond donors (Lipinski definition) is 2. The summed E-state index contributed by atoms with van der Waals surface area (Å²) in [6, 6.07) is 5.24. The molecule has 1 heterocycles. The summed E-state index contributed by atoms with van der Waals surface area (Å²) in [6.07, 6.45) is 1.40. The third-order valence-electron chi connectivity index (χ3n) is 2.75. The van der Waals surface area contributed by atoms with Crippen LogP contribution in [0.2, 0.25) is 0 Å². The van der Waals surface area contributed by atoms with Crippen molar-refractivity contribution in [3.63, 3.8) is 0 Å². The lowest BCUT2D eigenvalue weighted by Crippen LogP contribution is -2.26. The Balaban J connectivity index is 2.40. The molecule has 2 rings (SSSR count). The molecule has 8 heteroatoms. The van der Waals surface area contributed by atoms with Crippen LogP contribution in [0, 0.1) is 0 Å². The van der Waals surface area contributed by atoms with Gasteiger partial charge in [-0.05, 0) is 26.0 Å². The van der Waals surface area contributed by atoms with Gasteiger partial charge in [0.25, 0.3) is 0 Å². The zero-order valence-corrected chi connectivity index (χ0v) is 12.8. The molecular weight excluding hydrogens is 286 g/mol. The van der Waals surface area contributed by atoms with Crippen molar-refractivity contribution in [3.05, 3.63) is 35.0 Å². The fourth-order valence-electron chi connectivity index (χ4n) is 1.87. The van der Waals surface area contributed by atoms with E-state index in [0.29, 0.717) is 30.4 Å². The van der Waals surface area contributed by atoms with Crippen LogP contribution in [-0.4, -0.2) is 34.8 Å². The van der Waals surface area contributed by atoms with Crippen molar-refractivity contribution in [2.24, 2.45) is 0 Å². The summed E-state index contributed by atoms with van der Waals surface area (Å²) in [7, 11) is 1.66. The Morgan fingerprint density at radius 3 is 2.55 bits per heavy atom. The van der Waals surface area contributed by atoms with Gasteiger partial charge in [-0.25, -0.2) is 15.2 Å². The molecule has 0 saturated carbocycles. The van der Waals surface area contributed by atoms with E-state index >= 15 is 0 Å². The second kappa shape index (κ2) is 7.41. The first-order chi connectivity index (χ1) is 10.7. The highest BCUT2D eigenvalue weighted by molar-refractivity contribution is 5.48. The van der Waals surface area contributed by atoms with Gasteiger partial charge in [0.05, 0.1) is 18.9 Å². The lowest BCUT2D eigenvalue weighted by molar-refractivity contribution is 0.287. The van der Waals surface area contributed by atoms with Crippen LogP contribution in [-0.2, 0) is 0 Å². The van der Waals surface area contributed by atoms with Crippen LogP contribution in [0.3, 0.4) is 0 Å². The number of hydrazine groups is 1. The van der Waals surface area contributed by atoms with E-state index in [2.05, 4.69) is 20.8 Å². The van der Waals surface area contributed by atoms with Gasteiger partial charge in [0, 0.05) is 13.1 Å². The Morgan fingerprint density at radius 2 is 1.91 bits per heavy atom. The first-order valence-electron chi connectivity index (χ1n) is 6.98. The first-order valence-corrected chi connectivity index (χ1v) is 6.98. The minimum absolute atomic E-state index is 0.208. The number of anilines is 1. The maximum Gasteiger partial charge on any atom is 0.356 e. The van der Waals surface area contributed by atoms with Crippen LogP contribution < -0.4 is 26.0 Å². The molecular formula is C14H19N5O3. The SMILES string of the molecule is CCOc1ccc(-n2cnc(NNC)nc2=O)cc1OCC. The van der Waals surface area contributed by atoms with Gasteiger partial charge in [-0.1, -0.05) is 0 Å². The molecule has 118 valence electrons. The highest BCUT2D eigenvalue weighted by Gasteiger charge is 2.09. The fraction of sp³-hybridized carbons (Fsp3) is 0.357. The molecule has 8 nitrogen and oxygen atoms in total.